The van der Waals surface area contributed by atoms with Crippen LogP contribution in [0.5, 0.6) is 0 Å². The van der Waals surface area contributed by atoms with E-state index in [2.05, 4.69) is 0 Å². The average Bonchev–Trinajstić information content (AvgIpc) is 1.41. The zero-order valence-electron chi connectivity index (χ0n) is 7.02. The summed E-state index contributed by atoms with van der Waals surface area (Å²) in [5.41, 5.74) is 0. The van der Waals surface area contributed by atoms with E-state index in [0.29, 0.717) is 0 Å². The molecule has 0 aromatic carbocycles. The fourth-order valence-electron chi connectivity index (χ4n) is 0. The molecular formula is N2O12S3. The van der Waals surface area contributed by atoms with Crippen molar-refractivity contribution in [2.75, 3.05) is 0 Å². The van der Waals surface area contributed by atoms with Gasteiger partial charge in [-0.25, -0.2) is 0 Å². The van der Waals surface area contributed by atoms with Crippen molar-refractivity contribution >= 4 is 31.2 Å². The Balaban J connectivity index is -0.0000000400. The smallest absolute Gasteiger partial charge is 0.759 e. The van der Waals surface area contributed by atoms with Crippen LogP contribution >= 0.6 is 0 Å². The van der Waals surface area contributed by atoms with Gasteiger partial charge in [0.2, 0.25) is 0 Å². The zero-order chi connectivity index (χ0) is 13.5. The van der Waals surface area contributed by atoms with E-state index in [1.807, 2.05) is 0 Å². The summed E-state index contributed by atoms with van der Waals surface area (Å²) in [6.07, 6.45) is 0. The highest BCUT2D eigenvalue weighted by atomic mass is 32.3. The van der Waals surface area contributed by atoms with E-state index in [1.54, 1.807) is 0 Å². The van der Waals surface area contributed by atoms with E-state index in [-0.39, 0.29) is 12.3 Å². The minimum Gasteiger partial charge on any atom is -0.759 e. The van der Waals surface area contributed by atoms with Crippen LogP contribution < -0.4 is 12.3 Å². The van der Waals surface area contributed by atoms with Crippen LogP contribution in [-0.4, -0.2) is 52.6 Å². The van der Waals surface area contributed by atoms with Crippen molar-refractivity contribution in [2.24, 2.45) is 0 Å². The Morgan fingerprint density at radius 3 is 0.412 bits per heavy atom. The van der Waals surface area contributed by atoms with Crippen LogP contribution in [0.1, 0.15) is 0 Å². The maximum absolute atomic E-state index is 8.52. The van der Waals surface area contributed by atoms with Crippen LogP contribution in [0.15, 0.2) is 0 Å². The van der Waals surface area contributed by atoms with Gasteiger partial charge in [0.25, 0.3) is 0 Å². The molecule has 0 aromatic heterocycles. The Bertz CT molecular complexity index is 341. The van der Waals surface area contributed by atoms with Gasteiger partial charge in [0.1, 0.15) is 0 Å². The maximum Gasteiger partial charge on any atom is 3.00 e. The second kappa shape index (κ2) is 10.2. The SMILES string of the molecule is O=S(=O)([O-])[O-].O=S(=O)([O-])[O-].O=S(=O)([O-])[O-].[N+3].[N+3]. The minimum absolute atomic E-state index is 0. The van der Waals surface area contributed by atoms with Crippen molar-refractivity contribution in [3.05, 3.63) is 0 Å². The van der Waals surface area contributed by atoms with Gasteiger partial charge < -0.3 is 27.3 Å². The van der Waals surface area contributed by atoms with Crippen molar-refractivity contribution < 1.29 is 52.6 Å². The normalized spacial score (nSPS) is 10.2. The highest BCUT2D eigenvalue weighted by molar-refractivity contribution is 7.80. The first-order valence-corrected chi connectivity index (χ1v) is 6.00. The van der Waals surface area contributed by atoms with Gasteiger partial charge in [0.05, 0.1) is 0 Å². The summed E-state index contributed by atoms with van der Waals surface area (Å²) in [4.78, 5) is 0. The van der Waals surface area contributed by atoms with Crippen molar-refractivity contribution in [2.45, 2.75) is 0 Å². The van der Waals surface area contributed by atoms with E-state index in [1.165, 1.54) is 0 Å². The summed E-state index contributed by atoms with van der Waals surface area (Å²) in [7, 11) is -15.5. The molecule has 0 N–H and O–H groups in total. The van der Waals surface area contributed by atoms with Gasteiger partial charge in [-0.1, -0.05) is 0 Å². The number of hydrogen-bond acceptors (Lipinski definition) is 12. The summed E-state index contributed by atoms with van der Waals surface area (Å²) >= 11 is 0. The molecule has 0 aliphatic carbocycles. The van der Waals surface area contributed by atoms with Crippen LogP contribution in [0.25, 0.3) is 0 Å². The molecule has 17 heteroatoms. The third-order valence-corrected chi connectivity index (χ3v) is 0. The standard InChI is InChI=1S/2N.3H2O4S/c;;3*1-5(2,3)4/h;;3*(H2,1,2,3,4)/q2*+3;;;/p-6. The molecule has 0 saturated heterocycles. The molecule has 0 amide bonds. The Hall–Kier alpha value is -0.970. The molecule has 0 aliphatic heterocycles. The van der Waals surface area contributed by atoms with Gasteiger partial charge in [0.15, 0.2) is 0 Å². The van der Waals surface area contributed by atoms with Gasteiger partial charge in [-0.2, -0.15) is 0 Å². The molecule has 0 aliphatic rings. The fraction of sp³-hybridized carbons (Fsp3) is 0. The van der Waals surface area contributed by atoms with Gasteiger partial charge in [-0.15, -0.1) is 0 Å². The molecule has 0 fully saturated rings. The number of nitrogens with zero attached hydrogens (tertiary/aromatic N) is 2. The topological polar surface area (TPSA) is 302 Å². The number of rotatable bonds is 0. The van der Waals surface area contributed by atoms with Crippen LogP contribution in [0.2, 0.25) is 0 Å². The molecule has 17 heavy (non-hydrogen) atoms. The highest BCUT2D eigenvalue weighted by Crippen LogP contribution is 1.58. The van der Waals surface area contributed by atoms with Crippen molar-refractivity contribution in [3.63, 3.8) is 0 Å². The Kier molecular flexibility index (Phi) is 17.9. The molecule has 14 nitrogen and oxygen atoms in total. The lowest BCUT2D eigenvalue weighted by atomic mass is 14.0. The van der Waals surface area contributed by atoms with Crippen molar-refractivity contribution in [1.82, 2.24) is 12.3 Å². The van der Waals surface area contributed by atoms with Crippen LogP contribution in [0.4, 0.5) is 0 Å². The second-order valence-corrected chi connectivity index (χ2v) is 3.67. The lowest BCUT2D eigenvalue weighted by molar-refractivity contribution is 0.350. The van der Waals surface area contributed by atoms with E-state index < -0.39 is 31.2 Å². The van der Waals surface area contributed by atoms with Crippen LogP contribution in [0.3, 0.4) is 0 Å². The van der Waals surface area contributed by atoms with Gasteiger partial charge in [-0.05, 0) is 0 Å². The van der Waals surface area contributed by atoms with Gasteiger partial charge >= 0.3 is 12.3 Å². The molecule has 4 radical (unpaired) electrons. The summed E-state index contributed by atoms with van der Waals surface area (Å²) in [6, 6.07) is 0. The molecule has 0 atom stereocenters. The van der Waals surface area contributed by atoms with E-state index in [0.717, 1.165) is 0 Å². The van der Waals surface area contributed by atoms with Gasteiger partial charge in [-0.3, -0.25) is 25.3 Å². The highest BCUT2D eigenvalue weighted by Gasteiger charge is 3.00. The lowest BCUT2D eigenvalue weighted by Gasteiger charge is -2.06. The predicted octanol–water partition coefficient (Wildman–Crippen LogP) is -4.98. The molecule has 0 saturated carbocycles. The summed E-state index contributed by atoms with van der Waals surface area (Å²) in [6.45, 7) is 0. The van der Waals surface area contributed by atoms with Crippen LogP contribution in [-0.2, 0) is 31.2 Å². The predicted molar refractivity (Wildman–Crippen MR) is 35.7 cm³/mol. The summed E-state index contributed by atoms with van der Waals surface area (Å²) < 4.78 is 102. The Morgan fingerprint density at radius 2 is 0.412 bits per heavy atom. The first kappa shape index (κ1) is 29.8. The molecule has 0 unspecified atom stereocenters. The van der Waals surface area contributed by atoms with Gasteiger partial charge in [0, 0.05) is 31.2 Å². The van der Waals surface area contributed by atoms with E-state index in [4.69, 9.17) is 52.6 Å². The molecule has 0 spiro atoms. The second-order valence-electron chi connectivity index (χ2n) is 1.22. The zero-order valence-corrected chi connectivity index (χ0v) is 9.47. The molecule has 0 heterocycles. The summed E-state index contributed by atoms with van der Waals surface area (Å²) in [5.74, 6) is 0. The average molecular weight is 316 g/mol. The lowest BCUT2D eigenvalue weighted by Crippen LogP contribution is -1.91. The largest absolute Gasteiger partial charge is 3.00 e. The Morgan fingerprint density at radius 1 is 0.412 bits per heavy atom. The van der Waals surface area contributed by atoms with E-state index >= 15 is 0 Å². The third-order valence-electron chi connectivity index (χ3n) is 0. The molecule has 0 aromatic rings. The van der Waals surface area contributed by atoms with Crippen LogP contribution in [0, 0.1) is 0 Å². The quantitative estimate of drug-likeness (QED) is 0.299. The number of hydrogen-bond donors (Lipinski definition) is 0. The maximum atomic E-state index is 8.52. The first-order valence-electron chi connectivity index (χ1n) is 2.00. The molecule has 100 valence electrons. The van der Waals surface area contributed by atoms with E-state index in [9.17, 15) is 0 Å². The molecule has 0 rings (SSSR count). The van der Waals surface area contributed by atoms with Crippen molar-refractivity contribution in [3.8, 4) is 0 Å². The monoisotopic (exact) mass is 316 g/mol. The molecular weight excluding hydrogens is 316 g/mol. The summed E-state index contributed by atoms with van der Waals surface area (Å²) in [5, 5.41) is 0. The third kappa shape index (κ3) is 2710. The Labute approximate surface area is 96.6 Å². The minimum atomic E-state index is -5.17. The fourth-order valence-corrected chi connectivity index (χ4v) is 0. The van der Waals surface area contributed by atoms with Crippen molar-refractivity contribution in [1.29, 1.82) is 0 Å². The first-order chi connectivity index (χ1) is 6.00. The molecule has 0 bridgehead atoms.